The third-order valence-electron chi connectivity index (χ3n) is 8.00. The molecule has 27 heavy (non-hydrogen) atoms. The number of rotatable bonds is 4. The van der Waals surface area contributed by atoms with Gasteiger partial charge < -0.3 is 9.47 Å². The molecule has 0 amide bonds. The van der Waals surface area contributed by atoms with E-state index in [0.717, 1.165) is 32.1 Å². The molecule has 2 saturated carbocycles. The molecule has 2 heterocycles. The van der Waals surface area contributed by atoms with E-state index >= 15 is 0 Å². The monoisotopic (exact) mass is 379 g/mol. The van der Waals surface area contributed by atoms with Gasteiger partial charge in [-0.05, 0) is 56.9 Å². The molecule has 4 aliphatic rings. The average molecular weight is 380 g/mol. The fraction of sp³-hybridized carbons (Fsp3) is 0.952. The first-order valence-electron chi connectivity index (χ1n) is 10.9. The Morgan fingerprint density at radius 1 is 1.11 bits per heavy atom. The Labute approximate surface area is 163 Å². The third kappa shape index (κ3) is 3.78. The zero-order chi connectivity index (χ0) is 19.0. The molecule has 154 valence electrons. The summed E-state index contributed by atoms with van der Waals surface area (Å²) in [4.78, 5) is 17.4. The summed E-state index contributed by atoms with van der Waals surface area (Å²) in [6.07, 6.45) is 9.06. The van der Waals surface area contributed by atoms with E-state index in [2.05, 4.69) is 22.2 Å². The Balaban J connectivity index is 1.49. The summed E-state index contributed by atoms with van der Waals surface area (Å²) < 4.78 is 11.0. The van der Waals surface area contributed by atoms with E-state index in [1.54, 1.807) is 0 Å². The van der Waals surface area contributed by atoms with Crippen molar-refractivity contribution >= 4 is 5.97 Å². The number of fused-ring (bicyclic) bond motifs is 2. The molecule has 6 heteroatoms. The topological polar surface area (TPSA) is 54.0 Å². The maximum absolute atomic E-state index is 12.5. The highest BCUT2D eigenvalue weighted by atomic mass is 16.5. The van der Waals surface area contributed by atoms with Crippen molar-refractivity contribution in [1.82, 2.24) is 15.1 Å². The molecule has 4 rings (SSSR count). The number of carbonyl (C=O) groups is 1. The first-order valence-corrected chi connectivity index (χ1v) is 10.9. The van der Waals surface area contributed by atoms with E-state index in [9.17, 15) is 4.79 Å². The van der Waals surface area contributed by atoms with Crippen molar-refractivity contribution in [3.05, 3.63) is 0 Å². The number of ether oxygens (including phenoxy) is 2. The molecule has 0 aromatic carbocycles. The average Bonchev–Trinajstić information content (AvgIpc) is 3.07. The Morgan fingerprint density at radius 3 is 2.63 bits per heavy atom. The van der Waals surface area contributed by atoms with Gasteiger partial charge >= 0.3 is 5.97 Å². The first-order chi connectivity index (χ1) is 13.1. The van der Waals surface area contributed by atoms with Crippen LogP contribution in [0, 0.1) is 17.8 Å². The highest BCUT2D eigenvalue weighted by Crippen LogP contribution is 2.45. The molecule has 2 aliphatic heterocycles. The minimum atomic E-state index is -0.0996. The Morgan fingerprint density at radius 2 is 1.89 bits per heavy atom. The molecule has 0 aromatic rings. The number of carbonyl (C=O) groups excluding carboxylic acids is 1. The molecule has 0 spiro atoms. The lowest BCUT2D eigenvalue weighted by atomic mass is 9.64. The lowest BCUT2D eigenvalue weighted by molar-refractivity contribution is -0.150. The summed E-state index contributed by atoms with van der Waals surface area (Å²) in [7, 11) is 5.61. The van der Waals surface area contributed by atoms with Crippen molar-refractivity contribution in [1.29, 1.82) is 0 Å². The second-order valence-corrected chi connectivity index (χ2v) is 9.25. The third-order valence-corrected chi connectivity index (χ3v) is 8.00. The van der Waals surface area contributed by atoms with Crippen LogP contribution in [0.2, 0.25) is 0 Å². The molecule has 6 unspecified atom stereocenters. The van der Waals surface area contributed by atoms with Crippen LogP contribution < -0.4 is 5.32 Å². The SMILES string of the molecule is COC(=O)[C@@H]1CC2NCN(C)C2CN1CC1CCC(OC)C2CCCCC12. The van der Waals surface area contributed by atoms with E-state index in [1.165, 1.54) is 45.6 Å². The highest BCUT2D eigenvalue weighted by molar-refractivity contribution is 5.76. The minimum Gasteiger partial charge on any atom is -0.468 e. The zero-order valence-electron chi connectivity index (χ0n) is 17.2. The number of likely N-dealkylation sites (N-methyl/N-ethyl adjacent to an activating group) is 1. The Bertz CT molecular complexity index is 531. The first kappa shape index (κ1) is 19.6. The maximum atomic E-state index is 12.5. The van der Waals surface area contributed by atoms with Gasteiger partial charge in [0.05, 0.1) is 13.2 Å². The molecule has 6 nitrogen and oxygen atoms in total. The summed E-state index contributed by atoms with van der Waals surface area (Å²) in [5.41, 5.74) is 0. The van der Waals surface area contributed by atoms with E-state index in [-0.39, 0.29) is 12.0 Å². The number of methoxy groups -OCH3 is 2. The van der Waals surface area contributed by atoms with Crippen molar-refractivity contribution in [2.24, 2.45) is 17.8 Å². The predicted molar refractivity (Wildman–Crippen MR) is 104 cm³/mol. The quantitative estimate of drug-likeness (QED) is 0.751. The van der Waals surface area contributed by atoms with Crippen molar-refractivity contribution in [3.63, 3.8) is 0 Å². The van der Waals surface area contributed by atoms with E-state index in [1.807, 2.05) is 7.11 Å². The van der Waals surface area contributed by atoms with Crippen LogP contribution in [0.15, 0.2) is 0 Å². The van der Waals surface area contributed by atoms with E-state index in [0.29, 0.717) is 30.0 Å². The van der Waals surface area contributed by atoms with Crippen LogP contribution in [0.1, 0.15) is 44.9 Å². The number of nitrogens with zero attached hydrogens (tertiary/aromatic N) is 2. The lowest BCUT2D eigenvalue weighted by Gasteiger charge is -2.49. The summed E-state index contributed by atoms with van der Waals surface area (Å²) in [6, 6.07) is 0.808. The molecular weight excluding hydrogens is 342 g/mol. The fourth-order valence-corrected chi connectivity index (χ4v) is 6.53. The molecule has 0 aromatic heterocycles. The number of likely N-dealkylation sites (tertiary alicyclic amines) is 1. The van der Waals surface area contributed by atoms with Gasteiger partial charge in [0.15, 0.2) is 0 Å². The molecule has 7 atom stereocenters. The predicted octanol–water partition coefficient (Wildman–Crippen LogP) is 1.69. The van der Waals surface area contributed by atoms with Crippen LogP contribution >= 0.6 is 0 Å². The molecule has 0 radical (unpaired) electrons. The van der Waals surface area contributed by atoms with Crippen LogP contribution in [0.3, 0.4) is 0 Å². The summed E-state index contributed by atoms with van der Waals surface area (Å²) in [6.45, 7) is 2.92. The van der Waals surface area contributed by atoms with Gasteiger partial charge in [-0.25, -0.2) is 0 Å². The van der Waals surface area contributed by atoms with Crippen molar-refractivity contribution in [2.75, 3.05) is 41.0 Å². The fourth-order valence-electron chi connectivity index (χ4n) is 6.53. The van der Waals surface area contributed by atoms with Gasteiger partial charge in [-0.1, -0.05) is 12.8 Å². The van der Waals surface area contributed by atoms with Crippen molar-refractivity contribution in [3.8, 4) is 0 Å². The van der Waals surface area contributed by atoms with Gasteiger partial charge in [0.25, 0.3) is 0 Å². The van der Waals surface area contributed by atoms with Gasteiger partial charge in [0.2, 0.25) is 0 Å². The number of esters is 1. The van der Waals surface area contributed by atoms with Crippen LogP contribution in [0.25, 0.3) is 0 Å². The number of hydrogen-bond donors (Lipinski definition) is 1. The number of nitrogens with one attached hydrogen (secondary N) is 1. The van der Waals surface area contributed by atoms with Gasteiger partial charge in [0.1, 0.15) is 6.04 Å². The van der Waals surface area contributed by atoms with Crippen molar-refractivity contribution < 1.29 is 14.3 Å². The zero-order valence-corrected chi connectivity index (χ0v) is 17.2. The normalized spacial score (nSPS) is 43.1. The number of piperidine rings is 1. The highest BCUT2D eigenvalue weighted by Gasteiger charge is 2.46. The van der Waals surface area contributed by atoms with Crippen LogP contribution in [0.5, 0.6) is 0 Å². The van der Waals surface area contributed by atoms with Crippen LogP contribution in [0.4, 0.5) is 0 Å². The minimum absolute atomic E-state index is 0.0597. The molecule has 1 N–H and O–H groups in total. The van der Waals surface area contributed by atoms with Gasteiger partial charge in [0, 0.05) is 39.0 Å². The largest absolute Gasteiger partial charge is 0.468 e. The summed E-state index contributed by atoms with van der Waals surface area (Å²) in [5.74, 6) is 2.10. The maximum Gasteiger partial charge on any atom is 0.323 e. The summed E-state index contributed by atoms with van der Waals surface area (Å²) >= 11 is 0. The lowest BCUT2D eigenvalue weighted by Crippen LogP contribution is -2.59. The second kappa shape index (κ2) is 8.36. The molecule has 2 saturated heterocycles. The smallest absolute Gasteiger partial charge is 0.323 e. The Hall–Kier alpha value is -0.690. The molecular formula is C21H37N3O3. The second-order valence-electron chi connectivity index (χ2n) is 9.25. The number of hydrogen-bond acceptors (Lipinski definition) is 6. The van der Waals surface area contributed by atoms with Gasteiger partial charge in [-0.2, -0.15) is 0 Å². The Kier molecular flexibility index (Phi) is 6.07. The van der Waals surface area contributed by atoms with Crippen molar-refractivity contribution in [2.45, 2.75) is 69.2 Å². The van der Waals surface area contributed by atoms with Crippen LogP contribution in [-0.4, -0.2) is 81.0 Å². The summed E-state index contributed by atoms with van der Waals surface area (Å²) in [5, 5.41) is 3.58. The van der Waals surface area contributed by atoms with E-state index < -0.39 is 0 Å². The molecule has 4 fully saturated rings. The van der Waals surface area contributed by atoms with Gasteiger partial charge in [-0.3, -0.25) is 19.9 Å². The standard InChI is InChI=1S/C21H37N3O3/c1-23-13-22-17-10-18(21(25)27-3)24(12-19(17)23)11-14-8-9-20(26-2)16-7-5-4-6-15(14)16/h14-20,22H,4-13H2,1-3H3/t14?,15?,16?,17?,18-,19?,20?/m0/s1. The molecule has 2 aliphatic carbocycles. The van der Waals surface area contributed by atoms with E-state index in [4.69, 9.17) is 9.47 Å². The van der Waals surface area contributed by atoms with Gasteiger partial charge in [-0.15, -0.1) is 0 Å². The van der Waals surface area contributed by atoms with Crippen LogP contribution in [-0.2, 0) is 14.3 Å². The molecule has 0 bridgehead atoms.